The molecule has 0 heterocycles. The van der Waals surface area contributed by atoms with Gasteiger partial charge in [-0.1, -0.05) is 62.3 Å². The fraction of sp³-hybridized carbons (Fsp3) is 0.900. The first-order valence-electron chi connectivity index (χ1n) is 15.3. The van der Waals surface area contributed by atoms with Gasteiger partial charge in [0, 0.05) is 68.6 Å². The topological polar surface area (TPSA) is 112 Å². The third-order valence-electron chi connectivity index (χ3n) is 7.44. The number of rotatable bonds is 12. The van der Waals surface area contributed by atoms with Crippen LogP contribution in [0.25, 0.3) is 0 Å². The molecule has 0 rings (SSSR count). The first-order valence-corrected chi connectivity index (χ1v) is 15.3. The van der Waals surface area contributed by atoms with Crippen LogP contribution in [-0.4, -0.2) is 105 Å². The maximum atomic E-state index is 12.9. The number of halogens is 21. The molecule has 0 spiro atoms. The average Bonchev–Trinajstić information content (AvgIpc) is 2.93. The van der Waals surface area contributed by atoms with E-state index in [-0.39, 0.29) is 49.4 Å². The van der Waals surface area contributed by atoms with Gasteiger partial charge in [0.15, 0.2) is 0 Å². The van der Waals surface area contributed by atoms with E-state index >= 15 is 0 Å². The quantitative estimate of drug-likeness (QED) is 0.168. The Kier molecular flexibility index (Phi) is 22.0. The number of aliphatic hydroxyl groups is 3. The Hall–Kier alpha value is -0.996. The SMILES string of the molecule is CC(C)(C)C(O)CC(=O)C(F)(F)C(F)(F)C(F)(F)F.CC(C)(C)C(O)CC(=O)C(F)(F)C(F)(F)C(F)(F)F.CC(C)(C)C(O)CC(=O)C(F)(F)C(F)(F)C(F)(F)F.[Eu]. The number of carbonyl (C=O) groups excluding carboxylic acids is 3. The Balaban J connectivity index is -0.000000374. The van der Waals surface area contributed by atoms with Crippen molar-refractivity contribution in [3.63, 3.8) is 0 Å². The van der Waals surface area contributed by atoms with Gasteiger partial charge in [-0.05, 0) is 16.2 Å². The van der Waals surface area contributed by atoms with E-state index in [2.05, 4.69) is 0 Å². The first kappa shape index (κ1) is 63.6. The maximum absolute atomic E-state index is 12.9. The van der Waals surface area contributed by atoms with Gasteiger partial charge < -0.3 is 15.3 Å². The standard InChI is InChI=1S/3C10H13F7O2.Eu/c3*1-7(2,3)5(18)4-6(19)8(11,12)9(13,14)10(15,16)17;/h3*5,18H,4H2,1-3H3;. The van der Waals surface area contributed by atoms with Crippen molar-refractivity contribution in [2.24, 2.45) is 16.2 Å². The van der Waals surface area contributed by atoms with Crippen molar-refractivity contribution in [3.05, 3.63) is 0 Å². The molecule has 3 atom stereocenters. The van der Waals surface area contributed by atoms with E-state index in [4.69, 9.17) is 0 Å². The minimum atomic E-state index is -6.56. The molecule has 0 aromatic heterocycles. The molecule has 28 heteroatoms. The summed E-state index contributed by atoms with van der Waals surface area (Å²) in [6, 6.07) is 0. The van der Waals surface area contributed by atoms with E-state index in [1.165, 1.54) is 62.3 Å². The molecule has 349 valence electrons. The summed E-state index contributed by atoms with van der Waals surface area (Å²) in [5.74, 6) is -45.2. The van der Waals surface area contributed by atoms with Crippen LogP contribution in [0.5, 0.6) is 0 Å². The molecule has 0 saturated carbocycles. The molecule has 58 heavy (non-hydrogen) atoms. The second-order valence-electron chi connectivity index (χ2n) is 15.5. The fourth-order valence-corrected chi connectivity index (χ4v) is 2.89. The number of Topliss-reactive ketones (excluding diaryl/α,β-unsaturated/α-hetero) is 3. The molecule has 1 radical (unpaired) electrons. The Labute approximate surface area is 357 Å². The number of aliphatic hydroxyl groups excluding tert-OH is 3. The molecule has 0 aromatic carbocycles. The molecule has 0 fully saturated rings. The van der Waals surface area contributed by atoms with Gasteiger partial charge in [0.1, 0.15) is 0 Å². The largest absolute Gasteiger partial charge is 0.460 e. The van der Waals surface area contributed by atoms with Crippen molar-refractivity contribution < 1.29 is 171 Å². The van der Waals surface area contributed by atoms with Crippen LogP contribution in [0.1, 0.15) is 81.6 Å². The molecule has 6 nitrogen and oxygen atoms in total. The normalized spacial score (nSPS) is 16.1. The number of hydrogen-bond acceptors (Lipinski definition) is 6. The van der Waals surface area contributed by atoms with E-state index in [9.17, 15) is 122 Å². The Morgan fingerprint density at radius 1 is 0.345 bits per heavy atom. The van der Waals surface area contributed by atoms with Crippen LogP contribution in [0, 0.1) is 65.6 Å². The van der Waals surface area contributed by atoms with Crippen LogP contribution in [0.2, 0.25) is 0 Å². The Bertz CT molecular complexity index is 1190. The van der Waals surface area contributed by atoms with Crippen LogP contribution in [0.15, 0.2) is 0 Å². The molecular weight excluding hydrogens is 1010 g/mol. The molecule has 0 bridgehead atoms. The van der Waals surface area contributed by atoms with E-state index in [0.717, 1.165) is 0 Å². The molecule has 0 aliphatic heterocycles. The third-order valence-corrected chi connectivity index (χ3v) is 7.44. The van der Waals surface area contributed by atoms with Gasteiger partial charge in [-0.3, -0.25) is 14.4 Å². The van der Waals surface area contributed by atoms with Crippen molar-refractivity contribution in [3.8, 4) is 0 Å². The van der Waals surface area contributed by atoms with Crippen molar-refractivity contribution >= 4 is 17.3 Å². The minimum Gasteiger partial charge on any atom is -0.392 e. The smallest absolute Gasteiger partial charge is 0.392 e. The summed E-state index contributed by atoms with van der Waals surface area (Å²) in [5.41, 5.74) is -3.34. The van der Waals surface area contributed by atoms with Crippen LogP contribution in [0.3, 0.4) is 0 Å². The van der Waals surface area contributed by atoms with Gasteiger partial charge in [-0.25, -0.2) is 0 Å². The summed E-state index contributed by atoms with van der Waals surface area (Å²) >= 11 is 0. The van der Waals surface area contributed by atoms with Crippen LogP contribution >= 0.6 is 0 Å². The van der Waals surface area contributed by atoms with Crippen LogP contribution < -0.4 is 0 Å². The first-order chi connectivity index (χ1) is 24.1. The average molecular weight is 1050 g/mol. The molecule has 0 saturated heterocycles. The second kappa shape index (κ2) is 20.0. The summed E-state index contributed by atoms with van der Waals surface area (Å²) in [4.78, 5) is 32.8. The fourth-order valence-electron chi connectivity index (χ4n) is 2.89. The van der Waals surface area contributed by atoms with E-state index < -0.39 is 125 Å². The van der Waals surface area contributed by atoms with Gasteiger partial charge in [0.25, 0.3) is 0 Å². The van der Waals surface area contributed by atoms with Gasteiger partial charge in [-0.2, -0.15) is 92.2 Å². The van der Waals surface area contributed by atoms with Crippen LogP contribution in [0.4, 0.5) is 92.2 Å². The predicted octanol–water partition coefficient (Wildman–Crippen LogP) is 9.56. The maximum Gasteiger partial charge on any atom is 0.460 e. The molecule has 0 amide bonds. The van der Waals surface area contributed by atoms with Gasteiger partial charge in [0.2, 0.25) is 17.3 Å². The third kappa shape index (κ3) is 15.7. The molecule has 3 N–H and O–H groups in total. The van der Waals surface area contributed by atoms with Gasteiger partial charge in [-0.15, -0.1) is 0 Å². The number of ketones is 3. The van der Waals surface area contributed by atoms with Crippen molar-refractivity contribution in [1.29, 1.82) is 0 Å². The number of hydrogen-bond donors (Lipinski definition) is 3. The number of carbonyl (C=O) groups is 3. The summed E-state index contributed by atoms with van der Waals surface area (Å²) in [6.07, 6.45) is -29.5. The van der Waals surface area contributed by atoms with E-state index in [0.29, 0.717) is 0 Å². The zero-order valence-electron chi connectivity index (χ0n) is 31.2. The summed E-state index contributed by atoms with van der Waals surface area (Å²) in [5, 5.41) is 27.9. The van der Waals surface area contributed by atoms with Crippen LogP contribution in [-0.2, 0) is 14.4 Å². The van der Waals surface area contributed by atoms with E-state index in [1.807, 2.05) is 0 Å². The van der Waals surface area contributed by atoms with Gasteiger partial charge in [0.05, 0.1) is 18.3 Å². The monoisotopic (exact) mass is 1050 g/mol. The minimum absolute atomic E-state index is 0. The molecule has 3 unspecified atom stereocenters. The zero-order valence-corrected chi connectivity index (χ0v) is 33.7. The summed E-state index contributed by atoms with van der Waals surface area (Å²) < 4.78 is 259. The molecule has 0 aliphatic rings. The van der Waals surface area contributed by atoms with Crippen molar-refractivity contribution in [2.75, 3.05) is 0 Å². The molecule has 0 aliphatic carbocycles. The number of alkyl halides is 21. The van der Waals surface area contributed by atoms with Crippen molar-refractivity contribution in [2.45, 2.75) is 154 Å². The summed E-state index contributed by atoms with van der Waals surface area (Å²) in [6.45, 7) is 11.8. The Morgan fingerprint density at radius 2 is 0.466 bits per heavy atom. The van der Waals surface area contributed by atoms with E-state index in [1.54, 1.807) is 0 Å². The van der Waals surface area contributed by atoms with Crippen molar-refractivity contribution in [1.82, 2.24) is 0 Å². The Morgan fingerprint density at radius 3 is 0.552 bits per heavy atom. The summed E-state index contributed by atoms with van der Waals surface area (Å²) in [7, 11) is 0. The zero-order chi connectivity index (χ0) is 47.6. The molecular formula is C30H39EuF21O6. The predicted molar refractivity (Wildman–Crippen MR) is 153 cm³/mol. The van der Waals surface area contributed by atoms with Gasteiger partial charge >= 0.3 is 54.1 Å². The molecule has 0 aromatic rings. The second-order valence-corrected chi connectivity index (χ2v) is 15.5.